The van der Waals surface area contributed by atoms with Crippen LogP contribution in [0.25, 0.3) is 5.69 Å². The molecule has 0 aliphatic carbocycles. The number of aromatic nitrogens is 3. The lowest BCUT2D eigenvalue weighted by atomic mass is 10.3. The monoisotopic (exact) mass is 360 g/mol. The number of carbonyl (C=O) groups is 1. The van der Waals surface area contributed by atoms with Gasteiger partial charge in [0.1, 0.15) is 0 Å². The maximum Gasteiger partial charge on any atom is 0.254 e. The first kappa shape index (κ1) is 16.5. The van der Waals surface area contributed by atoms with Gasteiger partial charge in [0.25, 0.3) is 5.91 Å². The molecule has 0 atom stereocenters. The van der Waals surface area contributed by atoms with E-state index >= 15 is 0 Å². The van der Waals surface area contributed by atoms with Crippen LogP contribution < -0.4 is 5.32 Å². The number of rotatable bonds is 4. The molecule has 3 rings (SSSR count). The molecule has 2 heterocycles. The molecule has 1 aromatic carbocycles. The maximum atomic E-state index is 12.2. The molecule has 7 heteroatoms. The van der Waals surface area contributed by atoms with Gasteiger partial charge < -0.3 is 5.32 Å². The highest BCUT2D eigenvalue weighted by Gasteiger charge is 2.11. The van der Waals surface area contributed by atoms with Crippen LogP contribution in [-0.4, -0.2) is 20.7 Å². The van der Waals surface area contributed by atoms with Gasteiger partial charge in [0, 0.05) is 16.9 Å². The number of halogens is 2. The van der Waals surface area contributed by atoms with Crippen molar-refractivity contribution in [1.82, 2.24) is 20.1 Å². The number of amides is 1. The molecule has 0 radical (unpaired) electrons. The zero-order valence-electron chi connectivity index (χ0n) is 12.8. The predicted octanol–water partition coefficient (Wildman–Crippen LogP) is 3.81. The van der Waals surface area contributed by atoms with E-state index in [0.29, 0.717) is 27.8 Å². The Balaban J connectivity index is 1.71. The van der Waals surface area contributed by atoms with Crippen molar-refractivity contribution < 1.29 is 4.79 Å². The largest absolute Gasteiger partial charge is 0.346 e. The molecule has 3 aromatic rings. The van der Waals surface area contributed by atoms with Crippen LogP contribution >= 0.6 is 23.2 Å². The van der Waals surface area contributed by atoms with Gasteiger partial charge in [-0.2, -0.15) is 5.10 Å². The Labute approximate surface area is 149 Å². The van der Waals surface area contributed by atoms with Crippen LogP contribution in [-0.2, 0) is 6.54 Å². The molecule has 5 nitrogen and oxygen atoms in total. The minimum atomic E-state index is -0.227. The standard InChI is InChI=1S/C17H14Cl2N4O/c1-11-3-2-4-14(22-11)9-20-17(24)12-8-21-23(10-12)16-6-5-13(18)7-15(16)19/h2-8,10H,9H2,1H3,(H,20,24). The Kier molecular flexibility index (Phi) is 4.83. The van der Waals surface area contributed by atoms with E-state index in [1.807, 2.05) is 25.1 Å². The fourth-order valence-corrected chi connectivity index (χ4v) is 2.70. The molecule has 0 aliphatic heterocycles. The van der Waals surface area contributed by atoms with Crippen LogP contribution in [0.3, 0.4) is 0 Å². The van der Waals surface area contributed by atoms with Gasteiger partial charge in [-0.05, 0) is 37.3 Å². The Morgan fingerprint density at radius 2 is 2.08 bits per heavy atom. The zero-order chi connectivity index (χ0) is 17.1. The lowest BCUT2D eigenvalue weighted by molar-refractivity contribution is 0.0950. The number of benzene rings is 1. The third-order valence-electron chi connectivity index (χ3n) is 3.38. The van der Waals surface area contributed by atoms with Gasteiger partial charge in [0.2, 0.25) is 0 Å². The summed E-state index contributed by atoms with van der Waals surface area (Å²) < 4.78 is 1.54. The van der Waals surface area contributed by atoms with Crippen molar-refractivity contribution in [3.05, 3.63) is 75.8 Å². The van der Waals surface area contributed by atoms with E-state index in [4.69, 9.17) is 23.2 Å². The van der Waals surface area contributed by atoms with Gasteiger partial charge in [-0.3, -0.25) is 9.78 Å². The molecule has 0 unspecified atom stereocenters. The van der Waals surface area contributed by atoms with Crippen molar-refractivity contribution in [1.29, 1.82) is 0 Å². The summed E-state index contributed by atoms with van der Waals surface area (Å²) in [7, 11) is 0. The molecule has 0 saturated heterocycles. The van der Waals surface area contributed by atoms with Gasteiger partial charge in [-0.25, -0.2) is 4.68 Å². The summed E-state index contributed by atoms with van der Waals surface area (Å²) >= 11 is 12.0. The SMILES string of the molecule is Cc1cccc(CNC(=O)c2cnn(-c3ccc(Cl)cc3Cl)c2)n1. The van der Waals surface area contributed by atoms with E-state index in [1.54, 1.807) is 29.1 Å². The van der Waals surface area contributed by atoms with Crippen LogP contribution in [0.5, 0.6) is 0 Å². The van der Waals surface area contributed by atoms with Crippen molar-refractivity contribution >= 4 is 29.1 Å². The number of carbonyl (C=O) groups excluding carboxylic acids is 1. The molecule has 0 bridgehead atoms. The molecule has 0 fully saturated rings. The van der Waals surface area contributed by atoms with Crippen LogP contribution in [0, 0.1) is 6.92 Å². The highest BCUT2D eigenvalue weighted by molar-refractivity contribution is 6.35. The number of nitrogens with one attached hydrogen (secondary N) is 1. The highest BCUT2D eigenvalue weighted by atomic mass is 35.5. The average Bonchev–Trinajstić information content (AvgIpc) is 3.02. The number of pyridine rings is 1. The van der Waals surface area contributed by atoms with Crippen molar-refractivity contribution in [2.75, 3.05) is 0 Å². The second-order valence-electron chi connectivity index (χ2n) is 5.22. The predicted molar refractivity (Wildman–Crippen MR) is 93.7 cm³/mol. The molecular formula is C17H14Cl2N4O. The zero-order valence-corrected chi connectivity index (χ0v) is 14.3. The first-order chi connectivity index (χ1) is 11.5. The third-order valence-corrected chi connectivity index (χ3v) is 3.92. The molecule has 0 spiro atoms. The normalized spacial score (nSPS) is 10.6. The molecule has 2 aromatic heterocycles. The maximum absolute atomic E-state index is 12.2. The van der Waals surface area contributed by atoms with E-state index in [0.717, 1.165) is 11.4 Å². The Hall–Kier alpha value is -2.37. The van der Waals surface area contributed by atoms with Crippen molar-refractivity contribution in [2.45, 2.75) is 13.5 Å². The number of hydrogen-bond acceptors (Lipinski definition) is 3. The Morgan fingerprint density at radius 1 is 1.25 bits per heavy atom. The van der Waals surface area contributed by atoms with Crippen LogP contribution in [0.4, 0.5) is 0 Å². The minimum absolute atomic E-state index is 0.227. The van der Waals surface area contributed by atoms with Gasteiger partial charge in [-0.1, -0.05) is 29.3 Å². The number of nitrogens with zero attached hydrogens (tertiary/aromatic N) is 3. The first-order valence-electron chi connectivity index (χ1n) is 7.24. The average molecular weight is 361 g/mol. The molecular weight excluding hydrogens is 347 g/mol. The van der Waals surface area contributed by atoms with E-state index in [9.17, 15) is 4.79 Å². The van der Waals surface area contributed by atoms with Crippen molar-refractivity contribution in [2.24, 2.45) is 0 Å². The van der Waals surface area contributed by atoms with E-state index in [1.165, 1.54) is 6.20 Å². The number of aryl methyl sites for hydroxylation is 1. The second-order valence-corrected chi connectivity index (χ2v) is 6.07. The van der Waals surface area contributed by atoms with E-state index in [2.05, 4.69) is 15.4 Å². The summed E-state index contributed by atoms with van der Waals surface area (Å²) in [5.41, 5.74) is 2.80. The Bertz CT molecular complexity index is 892. The van der Waals surface area contributed by atoms with E-state index in [-0.39, 0.29) is 5.91 Å². The highest BCUT2D eigenvalue weighted by Crippen LogP contribution is 2.24. The fraction of sp³-hybridized carbons (Fsp3) is 0.118. The van der Waals surface area contributed by atoms with Crippen LogP contribution in [0.2, 0.25) is 10.0 Å². The first-order valence-corrected chi connectivity index (χ1v) is 7.99. The molecule has 1 N–H and O–H groups in total. The quantitative estimate of drug-likeness (QED) is 0.769. The van der Waals surface area contributed by atoms with Crippen molar-refractivity contribution in [3.63, 3.8) is 0 Å². The summed E-state index contributed by atoms with van der Waals surface area (Å²) in [4.78, 5) is 16.6. The number of hydrogen-bond donors (Lipinski definition) is 1. The second kappa shape index (κ2) is 7.03. The van der Waals surface area contributed by atoms with Gasteiger partial charge in [-0.15, -0.1) is 0 Å². The lowest BCUT2D eigenvalue weighted by Gasteiger charge is -2.05. The third kappa shape index (κ3) is 3.75. The molecule has 24 heavy (non-hydrogen) atoms. The Morgan fingerprint density at radius 3 is 2.83 bits per heavy atom. The van der Waals surface area contributed by atoms with Gasteiger partial charge in [0.05, 0.1) is 34.7 Å². The van der Waals surface area contributed by atoms with Crippen molar-refractivity contribution in [3.8, 4) is 5.69 Å². The van der Waals surface area contributed by atoms with Crippen LogP contribution in [0.1, 0.15) is 21.7 Å². The molecule has 0 saturated carbocycles. The summed E-state index contributed by atoms with van der Waals surface area (Å²) in [6.07, 6.45) is 3.11. The molecule has 0 aliphatic rings. The summed E-state index contributed by atoms with van der Waals surface area (Å²) in [5, 5.41) is 8.00. The topological polar surface area (TPSA) is 59.8 Å². The lowest BCUT2D eigenvalue weighted by Crippen LogP contribution is -2.23. The smallest absolute Gasteiger partial charge is 0.254 e. The van der Waals surface area contributed by atoms with Crippen LogP contribution in [0.15, 0.2) is 48.8 Å². The van der Waals surface area contributed by atoms with Gasteiger partial charge >= 0.3 is 0 Å². The fourth-order valence-electron chi connectivity index (χ4n) is 2.21. The summed E-state index contributed by atoms with van der Waals surface area (Å²) in [5.74, 6) is -0.227. The minimum Gasteiger partial charge on any atom is -0.346 e. The summed E-state index contributed by atoms with van der Waals surface area (Å²) in [6, 6.07) is 10.8. The molecule has 122 valence electrons. The molecule has 1 amide bonds. The van der Waals surface area contributed by atoms with E-state index < -0.39 is 0 Å². The summed E-state index contributed by atoms with van der Waals surface area (Å²) in [6.45, 7) is 2.26. The van der Waals surface area contributed by atoms with Gasteiger partial charge in [0.15, 0.2) is 0 Å².